The number of methoxy groups -OCH3 is 1. The van der Waals surface area contributed by atoms with Gasteiger partial charge in [-0.2, -0.15) is 0 Å². The molecule has 2 N–H and O–H groups in total. The molecule has 6 heteroatoms. The number of Topliss-reactive ketones (excluding diaryl/α,β-unsaturated/α-hetero) is 1. The van der Waals surface area contributed by atoms with E-state index in [0.29, 0.717) is 24.0 Å². The summed E-state index contributed by atoms with van der Waals surface area (Å²) in [4.78, 5) is 18.6. The van der Waals surface area contributed by atoms with E-state index in [1.165, 1.54) is 7.11 Å². The fourth-order valence-corrected chi connectivity index (χ4v) is 9.63. The van der Waals surface area contributed by atoms with Crippen molar-refractivity contribution < 1.29 is 29.5 Å². The van der Waals surface area contributed by atoms with Gasteiger partial charge in [0.25, 0.3) is 0 Å². The number of ether oxygens (including phenoxy) is 2. The number of allylic oxidation sites excluding steroid dienone is 2. The molecule has 0 bridgehead atoms. The molecule has 0 aromatic rings. The van der Waals surface area contributed by atoms with Crippen molar-refractivity contribution in [3.63, 3.8) is 0 Å². The Morgan fingerprint density at radius 2 is 1.76 bits per heavy atom. The van der Waals surface area contributed by atoms with Gasteiger partial charge >= 0.3 is 0 Å². The molecule has 1 spiro atoms. The zero-order valence-electron chi connectivity index (χ0n) is 21.9. The topological polar surface area (TPSA) is 85.2 Å². The summed E-state index contributed by atoms with van der Waals surface area (Å²) in [6.45, 7) is 13.4. The van der Waals surface area contributed by atoms with Gasteiger partial charge < -0.3 is 14.6 Å². The Balaban J connectivity index is 1.62. The van der Waals surface area contributed by atoms with Crippen LogP contribution in [0.4, 0.5) is 0 Å². The van der Waals surface area contributed by atoms with Gasteiger partial charge in [0.05, 0.1) is 13.2 Å². The summed E-state index contributed by atoms with van der Waals surface area (Å²) in [5.41, 5.74) is -1.66. The van der Waals surface area contributed by atoms with Crippen molar-refractivity contribution in [1.82, 2.24) is 0 Å². The summed E-state index contributed by atoms with van der Waals surface area (Å²) < 4.78 is 12.3. The van der Waals surface area contributed by atoms with Crippen LogP contribution in [0.5, 0.6) is 0 Å². The number of hydrogen-bond donors (Lipinski definition) is 2. The molecule has 4 aliphatic carbocycles. The van der Waals surface area contributed by atoms with Crippen molar-refractivity contribution in [3.05, 3.63) is 23.2 Å². The first-order valence-electron chi connectivity index (χ1n) is 13.1. The lowest BCUT2D eigenvalue weighted by Gasteiger charge is -2.69. The Bertz CT molecular complexity index is 966. The zero-order valence-corrected chi connectivity index (χ0v) is 21.9. The number of rotatable bonds is 2. The standard InChI is InChI=1S/C28H42O6/c1-16-14-18(32-7)22(30)27(34-31)15-28(33-23(16)27)17(2)8-9-20-25(5)12-11-21(29)24(3,4)19(25)10-13-26(20,28)6/h14,17,19-21,29,31H,8-13,15H2,1-7H3/t17-,19-,20+,21-,25-,26+,27?,28-/m0/s1. The van der Waals surface area contributed by atoms with Crippen LogP contribution in [-0.2, 0) is 19.2 Å². The lowest BCUT2D eigenvalue weighted by Crippen LogP contribution is -2.67. The van der Waals surface area contributed by atoms with Crippen LogP contribution < -0.4 is 0 Å². The van der Waals surface area contributed by atoms with Crippen LogP contribution in [0.2, 0.25) is 0 Å². The second-order valence-corrected chi connectivity index (χ2v) is 13.1. The van der Waals surface area contributed by atoms with Crippen LogP contribution in [-0.4, -0.2) is 40.6 Å². The van der Waals surface area contributed by atoms with Gasteiger partial charge in [0.1, 0.15) is 11.4 Å². The van der Waals surface area contributed by atoms with Gasteiger partial charge in [-0.05, 0) is 85.7 Å². The Hall–Kier alpha value is -1.37. The van der Waals surface area contributed by atoms with Crippen LogP contribution in [0, 0.1) is 34.0 Å². The van der Waals surface area contributed by atoms with Crippen molar-refractivity contribution in [3.8, 4) is 0 Å². The lowest BCUT2D eigenvalue weighted by atomic mass is 9.37. The van der Waals surface area contributed by atoms with Gasteiger partial charge in [-0.15, -0.1) is 0 Å². The zero-order chi connectivity index (χ0) is 24.9. The number of fused-ring (bicyclic) bond motifs is 5. The molecule has 5 rings (SSSR count). The maximum Gasteiger partial charge on any atom is 0.240 e. The van der Waals surface area contributed by atoms with E-state index in [1.807, 2.05) is 6.92 Å². The molecule has 1 aliphatic heterocycles. The third-order valence-electron chi connectivity index (χ3n) is 11.5. The molecule has 0 amide bonds. The SMILES string of the molecule is COC1=CC(C)=C2O[C@@]3(CC2(OO)C1=O)[C@@H](C)CC[C@@H]1[C@@]2(C)CC[C@H](O)C(C)(C)[C@@H]2CC[C@]13C. The van der Waals surface area contributed by atoms with Crippen molar-refractivity contribution in [1.29, 1.82) is 0 Å². The maximum atomic E-state index is 13.5. The molecule has 0 radical (unpaired) electrons. The smallest absolute Gasteiger partial charge is 0.240 e. The van der Waals surface area contributed by atoms with Gasteiger partial charge in [0.15, 0.2) is 5.76 Å². The Kier molecular flexibility index (Phi) is 5.24. The molecule has 1 heterocycles. The predicted molar refractivity (Wildman–Crippen MR) is 128 cm³/mol. The van der Waals surface area contributed by atoms with Crippen molar-refractivity contribution in [2.45, 2.75) is 104 Å². The number of aliphatic hydroxyl groups excluding tert-OH is 1. The molecule has 8 atom stereocenters. The van der Waals surface area contributed by atoms with Crippen LogP contribution in [0.15, 0.2) is 23.2 Å². The van der Waals surface area contributed by atoms with E-state index in [1.54, 1.807) is 6.08 Å². The molecule has 0 aromatic carbocycles. The van der Waals surface area contributed by atoms with Crippen LogP contribution in [0.25, 0.3) is 0 Å². The quantitative estimate of drug-likeness (QED) is 0.411. The first-order chi connectivity index (χ1) is 15.8. The number of ketones is 1. The van der Waals surface area contributed by atoms with E-state index in [0.717, 1.165) is 44.1 Å². The van der Waals surface area contributed by atoms with E-state index in [9.17, 15) is 15.2 Å². The Labute approximate surface area is 203 Å². The number of aliphatic hydroxyl groups is 1. The molecule has 3 saturated carbocycles. The minimum atomic E-state index is -1.55. The average Bonchev–Trinajstić information content (AvgIpc) is 3.17. The van der Waals surface area contributed by atoms with E-state index < -0.39 is 11.2 Å². The highest BCUT2D eigenvalue weighted by Crippen LogP contribution is 2.73. The number of hydrogen-bond acceptors (Lipinski definition) is 6. The van der Waals surface area contributed by atoms with Gasteiger partial charge in [-0.1, -0.05) is 34.6 Å². The van der Waals surface area contributed by atoms with E-state index >= 15 is 0 Å². The second-order valence-electron chi connectivity index (χ2n) is 13.1. The molecule has 5 aliphatic rings. The van der Waals surface area contributed by atoms with Gasteiger partial charge in [-0.25, -0.2) is 4.89 Å². The summed E-state index contributed by atoms with van der Waals surface area (Å²) in [5.74, 6) is 1.30. The minimum Gasteiger partial charge on any atom is -0.493 e. The van der Waals surface area contributed by atoms with Gasteiger partial charge in [0.2, 0.25) is 11.4 Å². The normalized spacial score (nSPS) is 49.7. The first-order valence-corrected chi connectivity index (χ1v) is 13.1. The monoisotopic (exact) mass is 474 g/mol. The predicted octanol–water partition coefficient (Wildman–Crippen LogP) is 5.41. The maximum absolute atomic E-state index is 13.5. The summed E-state index contributed by atoms with van der Waals surface area (Å²) >= 11 is 0. The molecule has 1 unspecified atom stereocenters. The third kappa shape index (κ3) is 2.66. The van der Waals surface area contributed by atoms with Crippen molar-refractivity contribution in [2.75, 3.05) is 7.11 Å². The van der Waals surface area contributed by atoms with E-state index in [2.05, 4.69) is 34.6 Å². The third-order valence-corrected chi connectivity index (χ3v) is 11.5. The minimum absolute atomic E-state index is 0.0800. The van der Waals surface area contributed by atoms with Crippen LogP contribution >= 0.6 is 0 Å². The summed E-state index contributed by atoms with van der Waals surface area (Å²) in [6, 6.07) is 0. The van der Waals surface area contributed by atoms with E-state index in [4.69, 9.17) is 14.4 Å². The number of carbonyl (C=O) groups excluding carboxylic acids is 1. The molecule has 190 valence electrons. The second kappa shape index (κ2) is 7.33. The fraction of sp³-hybridized carbons (Fsp3) is 0.821. The fourth-order valence-electron chi connectivity index (χ4n) is 9.63. The average molecular weight is 475 g/mol. The summed E-state index contributed by atoms with van der Waals surface area (Å²) in [7, 11) is 1.47. The Morgan fingerprint density at radius 3 is 2.41 bits per heavy atom. The number of carbonyl (C=O) groups is 1. The van der Waals surface area contributed by atoms with Crippen LogP contribution in [0.1, 0.15) is 86.5 Å². The summed E-state index contributed by atoms with van der Waals surface area (Å²) in [5, 5.41) is 21.1. The van der Waals surface area contributed by atoms with Gasteiger partial charge in [0, 0.05) is 11.8 Å². The molecular weight excluding hydrogens is 432 g/mol. The highest BCUT2D eigenvalue weighted by atomic mass is 17.1. The molecule has 1 saturated heterocycles. The van der Waals surface area contributed by atoms with Crippen molar-refractivity contribution in [2.24, 2.45) is 34.0 Å². The largest absolute Gasteiger partial charge is 0.493 e. The van der Waals surface area contributed by atoms with Crippen LogP contribution in [0.3, 0.4) is 0 Å². The molecule has 6 nitrogen and oxygen atoms in total. The molecule has 4 fully saturated rings. The molecular formula is C28H42O6. The van der Waals surface area contributed by atoms with Crippen molar-refractivity contribution >= 4 is 5.78 Å². The lowest BCUT2D eigenvalue weighted by molar-refractivity contribution is -0.303. The van der Waals surface area contributed by atoms with E-state index in [-0.39, 0.29) is 39.8 Å². The highest BCUT2D eigenvalue weighted by molar-refractivity contribution is 6.04. The molecule has 34 heavy (non-hydrogen) atoms. The molecule has 0 aromatic heterocycles. The highest BCUT2D eigenvalue weighted by Gasteiger charge is 2.75. The summed E-state index contributed by atoms with van der Waals surface area (Å²) in [6.07, 6.45) is 7.65. The Morgan fingerprint density at radius 1 is 1.06 bits per heavy atom. The first kappa shape index (κ1) is 24.3. The van der Waals surface area contributed by atoms with Gasteiger partial charge in [-0.3, -0.25) is 10.1 Å².